The highest BCUT2D eigenvalue weighted by molar-refractivity contribution is 9.10. The third kappa shape index (κ3) is 3.63. The van der Waals surface area contributed by atoms with Gasteiger partial charge in [-0.2, -0.15) is 5.26 Å². The monoisotopic (exact) mass is 349 g/mol. The van der Waals surface area contributed by atoms with Crippen LogP contribution >= 0.6 is 15.9 Å². The highest BCUT2D eigenvalue weighted by atomic mass is 79.9. The van der Waals surface area contributed by atoms with Crippen molar-refractivity contribution in [2.24, 2.45) is 11.1 Å². The van der Waals surface area contributed by atoms with Crippen LogP contribution in [0, 0.1) is 16.7 Å². The summed E-state index contributed by atoms with van der Waals surface area (Å²) in [6, 6.07) is 7.36. The molecule has 1 aromatic carbocycles. The molecule has 0 unspecified atom stereocenters. The second-order valence-corrected chi connectivity index (χ2v) is 6.57. The summed E-state index contributed by atoms with van der Waals surface area (Å²) in [6.07, 6.45) is 6.05. The van der Waals surface area contributed by atoms with Crippen molar-refractivity contribution in [2.75, 3.05) is 11.9 Å². The number of nitrogens with one attached hydrogen (secondary N) is 1. The zero-order valence-electron chi connectivity index (χ0n) is 12.0. The second-order valence-electron chi connectivity index (χ2n) is 5.65. The second kappa shape index (κ2) is 7.06. The van der Waals surface area contributed by atoms with Gasteiger partial charge < -0.3 is 11.1 Å². The highest BCUT2D eigenvalue weighted by Gasteiger charge is 2.37. The minimum Gasteiger partial charge on any atom is -0.329 e. The molecule has 0 aliphatic heterocycles. The Kier molecular flexibility index (Phi) is 5.38. The molecular weight excluding hydrogens is 330 g/mol. The van der Waals surface area contributed by atoms with Crippen LogP contribution in [0.4, 0.5) is 5.69 Å². The largest absolute Gasteiger partial charge is 0.329 e. The molecule has 1 saturated carbocycles. The van der Waals surface area contributed by atoms with Gasteiger partial charge in [0.2, 0.25) is 5.91 Å². The number of anilines is 1. The average Bonchev–Trinajstić information content (AvgIpc) is 2.74. The van der Waals surface area contributed by atoms with Gasteiger partial charge in [0.15, 0.2) is 0 Å². The van der Waals surface area contributed by atoms with Gasteiger partial charge >= 0.3 is 0 Å². The predicted octanol–water partition coefficient (Wildman–Crippen LogP) is 3.56. The van der Waals surface area contributed by atoms with Gasteiger partial charge in [0, 0.05) is 11.0 Å². The first-order valence-electron chi connectivity index (χ1n) is 7.32. The van der Waals surface area contributed by atoms with Gasteiger partial charge in [0.1, 0.15) is 6.07 Å². The summed E-state index contributed by atoms with van der Waals surface area (Å²) in [4.78, 5) is 12.7. The van der Waals surface area contributed by atoms with Crippen LogP contribution < -0.4 is 11.1 Å². The lowest BCUT2D eigenvalue weighted by atomic mass is 9.79. The molecule has 5 heteroatoms. The molecule has 0 saturated heterocycles. The van der Waals surface area contributed by atoms with Crippen molar-refractivity contribution < 1.29 is 4.79 Å². The molecule has 112 valence electrons. The normalized spacial score (nSPS) is 17.6. The average molecular weight is 350 g/mol. The first kappa shape index (κ1) is 16.0. The van der Waals surface area contributed by atoms with Crippen LogP contribution in [-0.4, -0.2) is 12.5 Å². The molecule has 3 N–H and O–H groups in total. The molecule has 0 bridgehead atoms. The SMILES string of the molecule is N#Cc1ccc(Br)cc1NC(=O)C1(CN)CCCCCC1. The van der Waals surface area contributed by atoms with E-state index in [-0.39, 0.29) is 5.91 Å². The summed E-state index contributed by atoms with van der Waals surface area (Å²) in [6.45, 7) is 0.356. The minimum absolute atomic E-state index is 0.0542. The van der Waals surface area contributed by atoms with Gasteiger partial charge in [-0.1, -0.05) is 41.6 Å². The maximum absolute atomic E-state index is 12.7. The first-order valence-corrected chi connectivity index (χ1v) is 8.12. The van der Waals surface area contributed by atoms with E-state index in [0.717, 1.165) is 43.0 Å². The van der Waals surface area contributed by atoms with Gasteiger partial charge in [-0.3, -0.25) is 4.79 Å². The molecule has 0 heterocycles. The fourth-order valence-corrected chi connectivity index (χ4v) is 3.26. The van der Waals surface area contributed by atoms with Gasteiger partial charge in [0.05, 0.1) is 16.7 Å². The molecule has 1 amide bonds. The molecule has 0 radical (unpaired) electrons. The summed E-state index contributed by atoms with van der Waals surface area (Å²) in [7, 11) is 0. The molecule has 2 rings (SSSR count). The number of rotatable bonds is 3. The predicted molar refractivity (Wildman–Crippen MR) is 86.7 cm³/mol. The lowest BCUT2D eigenvalue weighted by molar-refractivity contribution is -0.125. The smallest absolute Gasteiger partial charge is 0.231 e. The van der Waals surface area contributed by atoms with Crippen LogP contribution in [0.1, 0.15) is 44.1 Å². The minimum atomic E-state index is -0.495. The topological polar surface area (TPSA) is 78.9 Å². The van der Waals surface area contributed by atoms with E-state index in [1.165, 1.54) is 0 Å². The Labute approximate surface area is 133 Å². The van der Waals surface area contributed by atoms with Crippen molar-refractivity contribution in [1.82, 2.24) is 0 Å². The Balaban J connectivity index is 2.23. The Morgan fingerprint density at radius 2 is 2.00 bits per heavy atom. The van der Waals surface area contributed by atoms with Crippen molar-refractivity contribution in [3.8, 4) is 6.07 Å². The van der Waals surface area contributed by atoms with E-state index >= 15 is 0 Å². The summed E-state index contributed by atoms with van der Waals surface area (Å²) < 4.78 is 0.833. The number of halogens is 1. The quantitative estimate of drug-likeness (QED) is 0.818. The summed E-state index contributed by atoms with van der Waals surface area (Å²) >= 11 is 3.37. The lowest BCUT2D eigenvalue weighted by Gasteiger charge is -2.30. The number of nitrogens with two attached hydrogens (primary N) is 1. The maximum atomic E-state index is 12.7. The van der Waals surface area contributed by atoms with E-state index in [9.17, 15) is 4.79 Å². The third-order valence-electron chi connectivity index (χ3n) is 4.28. The molecule has 0 spiro atoms. The Bertz CT molecular complexity index is 557. The van der Waals surface area contributed by atoms with Crippen molar-refractivity contribution in [2.45, 2.75) is 38.5 Å². The lowest BCUT2D eigenvalue weighted by Crippen LogP contribution is -2.42. The molecule has 1 aliphatic rings. The number of nitrogens with zero attached hydrogens (tertiary/aromatic N) is 1. The van der Waals surface area contributed by atoms with Crippen molar-refractivity contribution in [1.29, 1.82) is 5.26 Å². The molecule has 1 aliphatic carbocycles. The zero-order valence-corrected chi connectivity index (χ0v) is 13.6. The molecule has 1 aromatic rings. The number of hydrogen-bond donors (Lipinski definition) is 2. The number of carbonyl (C=O) groups excluding carboxylic acids is 1. The zero-order chi connectivity index (χ0) is 15.3. The van der Waals surface area contributed by atoms with Crippen molar-refractivity contribution in [3.05, 3.63) is 28.2 Å². The standard InChI is InChI=1S/C16H20BrN3O/c17-13-6-5-12(10-18)14(9-13)20-15(21)16(11-19)7-3-1-2-4-8-16/h5-6,9H,1-4,7-8,11,19H2,(H,20,21). The van der Waals surface area contributed by atoms with E-state index < -0.39 is 5.41 Å². The highest BCUT2D eigenvalue weighted by Crippen LogP contribution is 2.35. The van der Waals surface area contributed by atoms with E-state index in [2.05, 4.69) is 27.3 Å². The molecule has 1 fully saturated rings. The Morgan fingerprint density at radius 1 is 1.33 bits per heavy atom. The fourth-order valence-electron chi connectivity index (χ4n) is 2.90. The number of hydrogen-bond acceptors (Lipinski definition) is 3. The van der Waals surface area contributed by atoms with Crippen LogP contribution in [0.5, 0.6) is 0 Å². The fraction of sp³-hybridized carbons (Fsp3) is 0.500. The number of carbonyl (C=O) groups is 1. The van der Waals surface area contributed by atoms with Crippen molar-refractivity contribution in [3.63, 3.8) is 0 Å². The Hall–Kier alpha value is -1.38. The van der Waals surface area contributed by atoms with Crippen molar-refractivity contribution >= 4 is 27.5 Å². The number of benzene rings is 1. The Morgan fingerprint density at radius 3 is 2.57 bits per heavy atom. The maximum Gasteiger partial charge on any atom is 0.231 e. The number of amides is 1. The summed E-state index contributed by atoms with van der Waals surface area (Å²) in [5.41, 5.74) is 6.45. The summed E-state index contributed by atoms with van der Waals surface area (Å²) in [5, 5.41) is 12.1. The van der Waals surface area contributed by atoms with Gasteiger partial charge in [-0.05, 0) is 31.0 Å². The molecule has 0 aromatic heterocycles. The van der Waals surface area contributed by atoms with Crippen LogP contribution in [0.15, 0.2) is 22.7 Å². The van der Waals surface area contributed by atoms with E-state index in [1.807, 2.05) is 0 Å². The molecule has 21 heavy (non-hydrogen) atoms. The molecule has 4 nitrogen and oxygen atoms in total. The van der Waals surface area contributed by atoms with Gasteiger partial charge in [0.25, 0.3) is 0 Å². The molecule has 0 atom stereocenters. The van der Waals surface area contributed by atoms with E-state index in [0.29, 0.717) is 17.8 Å². The summed E-state index contributed by atoms with van der Waals surface area (Å²) in [5.74, 6) is -0.0542. The van der Waals surface area contributed by atoms with E-state index in [1.54, 1.807) is 18.2 Å². The van der Waals surface area contributed by atoms with E-state index in [4.69, 9.17) is 11.0 Å². The van der Waals surface area contributed by atoms with Crippen LogP contribution in [0.2, 0.25) is 0 Å². The van der Waals surface area contributed by atoms with Crippen LogP contribution in [0.25, 0.3) is 0 Å². The first-order chi connectivity index (χ1) is 10.1. The molecular formula is C16H20BrN3O. The van der Waals surface area contributed by atoms with Gasteiger partial charge in [-0.15, -0.1) is 0 Å². The number of nitriles is 1. The third-order valence-corrected chi connectivity index (χ3v) is 4.78. The van der Waals surface area contributed by atoms with Gasteiger partial charge in [-0.25, -0.2) is 0 Å². The van der Waals surface area contributed by atoms with Crippen LogP contribution in [0.3, 0.4) is 0 Å². The van der Waals surface area contributed by atoms with Crippen LogP contribution in [-0.2, 0) is 4.79 Å².